The van der Waals surface area contributed by atoms with Gasteiger partial charge in [0, 0.05) is 29.9 Å². The highest BCUT2D eigenvalue weighted by molar-refractivity contribution is 7.18. The molecule has 0 spiro atoms. The van der Waals surface area contributed by atoms with Gasteiger partial charge in [-0.05, 0) is 18.2 Å². The molecule has 110 valence electrons. The third kappa shape index (κ3) is 3.29. The minimum absolute atomic E-state index is 0.205. The van der Waals surface area contributed by atoms with E-state index in [-0.39, 0.29) is 11.9 Å². The first-order valence-corrected chi connectivity index (χ1v) is 7.64. The lowest BCUT2D eigenvalue weighted by molar-refractivity contribution is -0.114. The first-order chi connectivity index (χ1) is 10.6. The van der Waals surface area contributed by atoms with Crippen molar-refractivity contribution in [2.24, 2.45) is 0 Å². The summed E-state index contributed by atoms with van der Waals surface area (Å²) in [5.41, 5.74) is 1.72. The number of aromatic nitrogens is 3. The smallest absolute Gasteiger partial charge is 0.229 e. The molecule has 0 aliphatic heterocycles. The highest BCUT2D eigenvalue weighted by Crippen LogP contribution is 2.31. The molecular formula is C15H11ClN4OS. The molecule has 0 atom stereocenters. The number of benzene rings is 1. The van der Waals surface area contributed by atoms with Crippen LogP contribution in [0.5, 0.6) is 0 Å². The summed E-state index contributed by atoms with van der Waals surface area (Å²) in [4.78, 5) is 24.7. The monoisotopic (exact) mass is 330 g/mol. The molecule has 3 aromatic rings. The van der Waals surface area contributed by atoms with Crippen molar-refractivity contribution >= 4 is 34.8 Å². The zero-order valence-electron chi connectivity index (χ0n) is 11.6. The minimum atomic E-state index is -0.205. The highest BCUT2D eigenvalue weighted by Gasteiger charge is 2.09. The maximum atomic E-state index is 11.1. The van der Waals surface area contributed by atoms with Gasteiger partial charge in [0.05, 0.1) is 10.6 Å². The van der Waals surface area contributed by atoms with Crippen LogP contribution in [0.1, 0.15) is 6.92 Å². The van der Waals surface area contributed by atoms with E-state index in [1.165, 1.54) is 18.3 Å². The van der Waals surface area contributed by atoms with E-state index in [9.17, 15) is 4.79 Å². The molecule has 7 heteroatoms. The molecule has 2 heterocycles. The van der Waals surface area contributed by atoms with Gasteiger partial charge < -0.3 is 0 Å². The first kappa shape index (κ1) is 14.6. The summed E-state index contributed by atoms with van der Waals surface area (Å²) in [5.74, 6) is 0.0785. The van der Waals surface area contributed by atoms with Crippen LogP contribution in [0, 0.1) is 0 Å². The van der Waals surface area contributed by atoms with E-state index in [2.05, 4.69) is 20.3 Å². The van der Waals surface area contributed by atoms with Gasteiger partial charge >= 0.3 is 0 Å². The second kappa shape index (κ2) is 6.21. The summed E-state index contributed by atoms with van der Waals surface area (Å²) in [5, 5.41) is 4.14. The number of hydrogen-bond acceptors (Lipinski definition) is 5. The summed E-state index contributed by atoms with van der Waals surface area (Å²) >= 11 is 7.41. The molecule has 0 bridgehead atoms. The Morgan fingerprint density at radius 2 is 1.95 bits per heavy atom. The van der Waals surface area contributed by atoms with Crippen LogP contribution in [0.4, 0.5) is 5.95 Å². The van der Waals surface area contributed by atoms with Crippen LogP contribution in [-0.4, -0.2) is 20.9 Å². The van der Waals surface area contributed by atoms with Gasteiger partial charge in [-0.2, -0.15) is 0 Å². The number of hydrogen-bond donors (Lipinski definition) is 1. The Bertz CT molecular complexity index is 816. The molecule has 0 aliphatic carbocycles. The van der Waals surface area contributed by atoms with Crippen molar-refractivity contribution in [2.75, 3.05) is 5.32 Å². The van der Waals surface area contributed by atoms with Crippen molar-refractivity contribution in [3.8, 4) is 21.1 Å². The van der Waals surface area contributed by atoms with E-state index >= 15 is 0 Å². The van der Waals surface area contributed by atoms with E-state index in [0.29, 0.717) is 5.02 Å². The molecule has 2 aromatic heterocycles. The lowest BCUT2D eigenvalue weighted by Gasteiger charge is -2.01. The van der Waals surface area contributed by atoms with E-state index in [4.69, 9.17) is 11.6 Å². The Balaban J connectivity index is 1.90. The number of halogens is 1. The van der Waals surface area contributed by atoms with Crippen molar-refractivity contribution in [1.29, 1.82) is 0 Å². The van der Waals surface area contributed by atoms with Crippen molar-refractivity contribution in [3.05, 3.63) is 47.7 Å². The zero-order chi connectivity index (χ0) is 15.5. The molecule has 1 amide bonds. The average Bonchev–Trinajstić information content (AvgIpc) is 2.97. The van der Waals surface area contributed by atoms with Gasteiger partial charge in [0.15, 0.2) is 0 Å². The van der Waals surface area contributed by atoms with Gasteiger partial charge in [-0.15, -0.1) is 11.3 Å². The molecule has 0 fully saturated rings. The number of rotatable bonds is 3. The lowest BCUT2D eigenvalue weighted by Crippen LogP contribution is -2.09. The zero-order valence-corrected chi connectivity index (χ0v) is 13.1. The van der Waals surface area contributed by atoms with Crippen LogP contribution in [0.3, 0.4) is 0 Å². The van der Waals surface area contributed by atoms with Crippen molar-refractivity contribution in [2.45, 2.75) is 6.92 Å². The Labute approximate surface area is 136 Å². The fraction of sp³-hybridized carbons (Fsp3) is 0.0667. The number of amides is 1. The van der Waals surface area contributed by atoms with Gasteiger partial charge in [-0.3, -0.25) is 10.1 Å². The number of nitrogens with one attached hydrogen (secondary N) is 1. The Morgan fingerprint density at radius 1 is 1.18 bits per heavy atom. The Kier molecular flexibility index (Phi) is 4.13. The van der Waals surface area contributed by atoms with E-state index < -0.39 is 0 Å². The second-order valence-corrected chi connectivity index (χ2v) is 5.95. The number of thiazole rings is 1. The predicted molar refractivity (Wildman–Crippen MR) is 87.9 cm³/mol. The predicted octanol–water partition coefficient (Wildman–Crippen LogP) is 3.88. The molecular weight excluding hydrogens is 320 g/mol. The SMILES string of the molecule is CC(=O)Nc1nccc(-c2cnc(-c3ccc(Cl)cc3)s2)n1. The third-order valence-electron chi connectivity index (χ3n) is 2.79. The average molecular weight is 331 g/mol. The van der Waals surface area contributed by atoms with Gasteiger partial charge in [-0.25, -0.2) is 15.0 Å². The molecule has 1 aromatic carbocycles. The first-order valence-electron chi connectivity index (χ1n) is 6.44. The quantitative estimate of drug-likeness (QED) is 0.791. The molecule has 0 saturated heterocycles. The molecule has 0 saturated carbocycles. The summed E-state index contributed by atoms with van der Waals surface area (Å²) in [6.07, 6.45) is 3.36. The molecule has 1 N–H and O–H groups in total. The van der Waals surface area contributed by atoms with Crippen LogP contribution in [0.2, 0.25) is 5.02 Å². The fourth-order valence-electron chi connectivity index (χ4n) is 1.83. The van der Waals surface area contributed by atoms with Gasteiger partial charge in [0.25, 0.3) is 0 Å². The summed E-state index contributed by atoms with van der Waals surface area (Å²) in [6, 6.07) is 9.29. The highest BCUT2D eigenvalue weighted by atomic mass is 35.5. The fourth-order valence-corrected chi connectivity index (χ4v) is 2.85. The normalized spacial score (nSPS) is 10.5. The number of carbonyl (C=O) groups is 1. The van der Waals surface area contributed by atoms with Crippen LogP contribution in [0.25, 0.3) is 21.1 Å². The maximum absolute atomic E-state index is 11.1. The van der Waals surface area contributed by atoms with E-state index in [1.807, 2.05) is 24.3 Å². The van der Waals surface area contributed by atoms with E-state index in [1.54, 1.807) is 18.5 Å². The lowest BCUT2D eigenvalue weighted by atomic mass is 10.2. The van der Waals surface area contributed by atoms with Crippen LogP contribution in [0.15, 0.2) is 42.7 Å². The number of nitrogens with zero attached hydrogens (tertiary/aromatic N) is 3. The van der Waals surface area contributed by atoms with Gasteiger partial charge in [0.1, 0.15) is 5.01 Å². The summed E-state index contributed by atoms with van der Waals surface area (Å²) in [7, 11) is 0. The summed E-state index contributed by atoms with van der Waals surface area (Å²) in [6.45, 7) is 1.42. The molecule has 0 aliphatic rings. The van der Waals surface area contributed by atoms with Crippen LogP contribution in [-0.2, 0) is 4.79 Å². The minimum Gasteiger partial charge on any atom is -0.295 e. The molecule has 0 unspecified atom stereocenters. The van der Waals surface area contributed by atoms with Gasteiger partial charge in [0.2, 0.25) is 11.9 Å². The number of anilines is 1. The van der Waals surface area contributed by atoms with Crippen molar-refractivity contribution in [1.82, 2.24) is 15.0 Å². The molecule has 3 rings (SSSR count). The Hall–Kier alpha value is -2.31. The third-order valence-corrected chi connectivity index (χ3v) is 4.11. The topological polar surface area (TPSA) is 67.8 Å². The standard InChI is InChI=1S/C15H11ClN4OS/c1-9(21)19-15-17-7-6-12(20-15)13-8-18-14(22-13)10-2-4-11(16)5-3-10/h2-8H,1H3,(H,17,19,20,21). The maximum Gasteiger partial charge on any atom is 0.229 e. The Morgan fingerprint density at radius 3 is 2.68 bits per heavy atom. The van der Waals surface area contributed by atoms with Crippen molar-refractivity contribution in [3.63, 3.8) is 0 Å². The van der Waals surface area contributed by atoms with Gasteiger partial charge in [-0.1, -0.05) is 23.7 Å². The van der Waals surface area contributed by atoms with Crippen molar-refractivity contribution < 1.29 is 4.79 Å². The molecule has 0 radical (unpaired) electrons. The van der Waals surface area contributed by atoms with E-state index in [0.717, 1.165) is 21.1 Å². The summed E-state index contributed by atoms with van der Waals surface area (Å²) < 4.78 is 0. The molecule has 5 nitrogen and oxygen atoms in total. The number of carbonyl (C=O) groups excluding carboxylic acids is 1. The second-order valence-electron chi connectivity index (χ2n) is 4.48. The largest absolute Gasteiger partial charge is 0.295 e. The van der Waals surface area contributed by atoms with Crippen LogP contribution >= 0.6 is 22.9 Å². The molecule has 22 heavy (non-hydrogen) atoms. The van der Waals surface area contributed by atoms with Crippen LogP contribution < -0.4 is 5.32 Å².